The Labute approximate surface area is 115 Å². The standard InChI is InChI=1S/C14H22N2O2S/c1-11(2)7-9-19(17,18)16-13-6-5-12-4-3-8-15-14(12)10-13/h5-6,10-11,15-16H,3-4,7-9H2,1-2H3. The minimum Gasteiger partial charge on any atom is -0.385 e. The van der Waals surface area contributed by atoms with Gasteiger partial charge in [-0.05, 0) is 42.9 Å². The third-order valence-electron chi connectivity index (χ3n) is 3.29. The molecule has 0 aliphatic carbocycles. The van der Waals surface area contributed by atoms with E-state index in [1.165, 1.54) is 5.56 Å². The van der Waals surface area contributed by atoms with Crippen molar-refractivity contribution in [1.82, 2.24) is 0 Å². The van der Waals surface area contributed by atoms with Crippen molar-refractivity contribution in [3.63, 3.8) is 0 Å². The lowest BCUT2D eigenvalue weighted by Crippen LogP contribution is -2.18. The van der Waals surface area contributed by atoms with E-state index in [4.69, 9.17) is 0 Å². The first-order valence-corrected chi connectivity index (χ1v) is 8.49. The van der Waals surface area contributed by atoms with Crippen molar-refractivity contribution in [1.29, 1.82) is 0 Å². The topological polar surface area (TPSA) is 58.2 Å². The second-order valence-electron chi connectivity index (χ2n) is 5.51. The van der Waals surface area contributed by atoms with Crippen LogP contribution in [-0.4, -0.2) is 20.7 Å². The molecule has 0 bridgehead atoms. The van der Waals surface area contributed by atoms with Crippen LogP contribution in [0.1, 0.15) is 32.3 Å². The normalized spacial score (nSPS) is 14.9. The lowest BCUT2D eigenvalue weighted by Gasteiger charge is -2.19. The Hall–Kier alpha value is -1.23. The molecule has 0 saturated carbocycles. The monoisotopic (exact) mass is 282 g/mol. The number of benzene rings is 1. The molecule has 2 N–H and O–H groups in total. The Kier molecular flexibility index (Phi) is 4.34. The molecular formula is C14H22N2O2S. The summed E-state index contributed by atoms with van der Waals surface area (Å²) in [7, 11) is -3.23. The molecule has 0 spiro atoms. The van der Waals surface area contributed by atoms with Gasteiger partial charge in [-0.2, -0.15) is 0 Å². The van der Waals surface area contributed by atoms with Crippen molar-refractivity contribution < 1.29 is 8.42 Å². The molecule has 0 amide bonds. The third kappa shape index (κ3) is 4.13. The van der Waals surface area contributed by atoms with E-state index in [-0.39, 0.29) is 5.75 Å². The van der Waals surface area contributed by atoms with E-state index < -0.39 is 10.0 Å². The van der Waals surface area contributed by atoms with Crippen molar-refractivity contribution in [2.75, 3.05) is 22.3 Å². The maximum atomic E-state index is 11.9. The summed E-state index contributed by atoms with van der Waals surface area (Å²) in [5.41, 5.74) is 2.96. The summed E-state index contributed by atoms with van der Waals surface area (Å²) in [5, 5.41) is 3.30. The fourth-order valence-electron chi connectivity index (χ4n) is 2.15. The van der Waals surface area contributed by atoms with E-state index in [1.807, 2.05) is 32.0 Å². The molecule has 5 heteroatoms. The first-order valence-electron chi connectivity index (χ1n) is 6.83. The van der Waals surface area contributed by atoms with Crippen LogP contribution >= 0.6 is 0 Å². The number of aryl methyl sites for hydroxylation is 1. The maximum Gasteiger partial charge on any atom is 0.232 e. The van der Waals surface area contributed by atoms with Gasteiger partial charge >= 0.3 is 0 Å². The smallest absolute Gasteiger partial charge is 0.232 e. The Balaban J connectivity index is 2.06. The van der Waals surface area contributed by atoms with Crippen LogP contribution in [-0.2, 0) is 16.4 Å². The van der Waals surface area contributed by atoms with Crippen molar-refractivity contribution in [2.45, 2.75) is 33.1 Å². The predicted molar refractivity (Wildman–Crippen MR) is 80.1 cm³/mol. The van der Waals surface area contributed by atoms with Crippen LogP contribution < -0.4 is 10.0 Å². The Morgan fingerprint density at radius 2 is 2.16 bits per heavy atom. The minimum absolute atomic E-state index is 0.176. The van der Waals surface area contributed by atoms with Gasteiger partial charge in [0.1, 0.15) is 0 Å². The molecule has 1 aliphatic rings. The summed E-state index contributed by atoms with van der Waals surface area (Å²) < 4.78 is 26.5. The van der Waals surface area contributed by atoms with Crippen LogP contribution in [0.2, 0.25) is 0 Å². The SMILES string of the molecule is CC(C)CCS(=O)(=O)Nc1ccc2c(c1)NCCC2. The first kappa shape index (κ1) is 14.2. The molecule has 1 aromatic carbocycles. The van der Waals surface area contributed by atoms with Gasteiger partial charge in [-0.1, -0.05) is 19.9 Å². The van der Waals surface area contributed by atoms with Crippen LogP contribution in [0.15, 0.2) is 18.2 Å². The lowest BCUT2D eigenvalue weighted by atomic mass is 10.0. The number of nitrogens with one attached hydrogen (secondary N) is 2. The zero-order valence-corrected chi connectivity index (χ0v) is 12.4. The summed E-state index contributed by atoms with van der Waals surface area (Å²) >= 11 is 0. The summed E-state index contributed by atoms with van der Waals surface area (Å²) in [5.74, 6) is 0.566. The van der Waals surface area contributed by atoms with Crippen molar-refractivity contribution in [2.24, 2.45) is 5.92 Å². The van der Waals surface area contributed by atoms with E-state index >= 15 is 0 Å². The summed E-state index contributed by atoms with van der Waals surface area (Å²) in [6.07, 6.45) is 2.87. The Morgan fingerprint density at radius 1 is 1.37 bits per heavy atom. The molecule has 1 heterocycles. The Morgan fingerprint density at radius 3 is 2.89 bits per heavy atom. The fraction of sp³-hybridized carbons (Fsp3) is 0.571. The van der Waals surface area contributed by atoms with E-state index in [0.717, 1.165) is 25.1 Å². The van der Waals surface area contributed by atoms with Crippen molar-refractivity contribution in [3.05, 3.63) is 23.8 Å². The number of fused-ring (bicyclic) bond motifs is 1. The van der Waals surface area contributed by atoms with Gasteiger partial charge < -0.3 is 5.32 Å². The van der Waals surface area contributed by atoms with Crippen LogP contribution in [0.3, 0.4) is 0 Å². The van der Waals surface area contributed by atoms with Crippen LogP contribution in [0.4, 0.5) is 11.4 Å². The highest BCUT2D eigenvalue weighted by molar-refractivity contribution is 7.92. The molecule has 0 aromatic heterocycles. The number of sulfonamides is 1. The molecular weight excluding hydrogens is 260 g/mol. The fourth-order valence-corrected chi connectivity index (χ4v) is 3.52. The molecule has 2 rings (SSSR count). The quantitative estimate of drug-likeness (QED) is 0.873. The molecule has 1 aliphatic heterocycles. The van der Waals surface area contributed by atoms with Gasteiger partial charge in [0.05, 0.1) is 11.4 Å². The molecule has 0 atom stereocenters. The number of hydrogen-bond donors (Lipinski definition) is 2. The van der Waals surface area contributed by atoms with Crippen molar-refractivity contribution >= 4 is 21.4 Å². The summed E-state index contributed by atoms with van der Waals surface area (Å²) in [6, 6.07) is 5.74. The average Bonchev–Trinajstić information content (AvgIpc) is 2.36. The van der Waals surface area contributed by atoms with Gasteiger partial charge in [0.2, 0.25) is 10.0 Å². The molecule has 0 saturated heterocycles. The zero-order valence-electron chi connectivity index (χ0n) is 11.6. The van der Waals surface area contributed by atoms with Gasteiger partial charge in [0, 0.05) is 12.2 Å². The second kappa shape index (κ2) is 5.82. The zero-order chi connectivity index (χ0) is 13.9. The van der Waals surface area contributed by atoms with E-state index in [9.17, 15) is 8.42 Å². The maximum absolute atomic E-state index is 11.9. The summed E-state index contributed by atoms with van der Waals surface area (Å²) in [4.78, 5) is 0. The number of anilines is 2. The molecule has 0 unspecified atom stereocenters. The van der Waals surface area contributed by atoms with Gasteiger partial charge in [0.15, 0.2) is 0 Å². The largest absolute Gasteiger partial charge is 0.385 e. The highest BCUT2D eigenvalue weighted by Crippen LogP contribution is 2.26. The van der Waals surface area contributed by atoms with E-state index in [2.05, 4.69) is 10.0 Å². The number of hydrogen-bond acceptors (Lipinski definition) is 3. The molecule has 0 radical (unpaired) electrons. The second-order valence-corrected chi connectivity index (χ2v) is 7.35. The molecule has 106 valence electrons. The van der Waals surface area contributed by atoms with Crippen molar-refractivity contribution in [3.8, 4) is 0 Å². The molecule has 4 nitrogen and oxygen atoms in total. The minimum atomic E-state index is -3.23. The van der Waals surface area contributed by atoms with Crippen LogP contribution in [0.25, 0.3) is 0 Å². The first-order chi connectivity index (χ1) is 8.96. The van der Waals surface area contributed by atoms with Gasteiger partial charge in [-0.25, -0.2) is 8.42 Å². The van der Waals surface area contributed by atoms with Gasteiger partial charge in [0.25, 0.3) is 0 Å². The van der Waals surface area contributed by atoms with Crippen LogP contribution in [0, 0.1) is 5.92 Å². The highest BCUT2D eigenvalue weighted by atomic mass is 32.2. The number of rotatable bonds is 5. The predicted octanol–water partition coefficient (Wildman–Crippen LogP) is 2.83. The Bertz CT molecular complexity index is 538. The summed E-state index contributed by atoms with van der Waals surface area (Å²) in [6.45, 7) is 5.01. The highest BCUT2D eigenvalue weighted by Gasteiger charge is 2.14. The third-order valence-corrected chi connectivity index (χ3v) is 4.61. The van der Waals surface area contributed by atoms with Gasteiger partial charge in [-0.15, -0.1) is 0 Å². The van der Waals surface area contributed by atoms with E-state index in [0.29, 0.717) is 18.0 Å². The lowest BCUT2D eigenvalue weighted by molar-refractivity contribution is 0.578. The molecule has 1 aromatic rings. The molecule has 19 heavy (non-hydrogen) atoms. The van der Waals surface area contributed by atoms with E-state index in [1.54, 1.807) is 0 Å². The average molecular weight is 282 g/mol. The molecule has 0 fully saturated rings. The van der Waals surface area contributed by atoms with Crippen LogP contribution in [0.5, 0.6) is 0 Å². The van der Waals surface area contributed by atoms with Gasteiger partial charge in [-0.3, -0.25) is 4.72 Å².